The van der Waals surface area contributed by atoms with E-state index in [1.807, 2.05) is 60.7 Å². The predicted molar refractivity (Wildman–Crippen MR) is 153 cm³/mol. The minimum absolute atomic E-state index is 0.0231. The number of epoxide rings is 1. The maximum atomic E-state index is 9.68. The summed E-state index contributed by atoms with van der Waals surface area (Å²) in [5.41, 5.74) is 12.9. The average Bonchev–Trinajstić information content (AvgIpc) is 3.91. The topological polar surface area (TPSA) is 89.0 Å². The fourth-order valence-electron chi connectivity index (χ4n) is 6.62. The first-order valence-electron chi connectivity index (χ1n) is 14.3. The van der Waals surface area contributed by atoms with Crippen LogP contribution < -0.4 is 4.74 Å². The van der Waals surface area contributed by atoms with E-state index in [0.29, 0.717) is 19.6 Å². The number of hydrogen-bond acceptors (Lipinski definition) is 5. The molecular formula is C33H37N3O4. The van der Waals surface area contributed by atoms with Crippen molar-refractivity contribution in [2.24, 2.45) is 11.0 Å². The molecule has 6 rings (SSSR count). The minimum atomic E-state index is -0.404. The van der Waals surface area contributed by atoms with E-state index in [9.17, 15) is 5.53 Å². The number of ether oxygens (including phenoxy) is 4. The molecule has 5 atom stereocenters. The summed E-state index contributed by atoms with van der Waals surface area (Å²) in [5, 5.41) is 4.35. The molecule has 40 heavy (non-hydrogen) atoms. The second-order valence-corrected chi connectivity index (χ2v) is 11.4. The molecule has 0 unspecified atom stereocenters. The lowest BCUT2D eigenvalue weighted by Gasteiger charge is -2.41. The Balaban J connectivity index is 1.30. The molecule has 0 aromatic heterocycles. The number of hydrogen-bond donors (Lipinski definition) is 0. The van der Waals surface area contributed by atoms with E-state index >= 15 is 0 Å². The van der Waals surface area contributed by atoms with Crippen LogP contribution in [0.1, 0.15) is 48.8 Å². The van der Waals surface area contributed by atoms with Crippen molar-refractivity contribution in [3.05, 3.63) is 112 Å². The van der Waals surface area contributed by atoms with Crippen LogP contribution >= 0.6 is 0 Å². The van der Waals surface area contributed by atoms with E-state index in [1.54, 1.807) is 7.11 Å². The molecule has 7 nitrogen and oxygen atoms in total. The van der Waals surface area contributed by atoms with Gasteiger partial charge in [-0.1, -0.05) is 77.9 Å². The molecule has 0 radical (unpaired) electrons. The van der Waals surface area contributed by atoms with Crippen LogP contribution in [0.4, 0.5) is 0 Å². The Hall–Kier alpha value is -3.35. The quantitative estimate of drug-likeness (QED) is 0.105. The molecule has 0 amide bonds. The van der Waals surface area contributed by atoms with Crippen molar-refractivity contribution in [3.63, 3.8) is 0 Å². The average molecular weight is 540 g/mol. The molecule has 1 saturated heterocycles. The predicted octanol–water partition coefficient (Wildman–Crippen LogP) is 7.19. The third-order valence-corrected chi connectivity index (χ3v) is 8.96. The van der Waals surface area contributed by atoms with Crippen LogP contribution in [0.25, 0.3) is 10.4 Å². The fraction of sp³-hybridized carbons (Fsp3) is 0.455. The van der Waals surface area contributed by atoms with Crippen molar-refractivity contribution < 1.29 is 18.9 Å². The third kappa shape index (κ3) is 5.74. The first-order chi connectivity index (χ1) is 19.6. The van der Waals surface area contributed by atoms with Gasteiger partial charge in [0.05, 0.1) is 49.8 Å². The number of nitrogens with zero attached hydrogens (tertiary/aromatic N) is 3. The van der Waals surface area contributed by atoms with Crippen LogP contribution in [-0.2, 0) is 33.8 Å². The zero-order valence-corrected chi connectivity index (χ0v) is 23.0. The number of methoxy groups -OCH3 is 1. The van der Waals surface area contributed by atoms with Gasteiger partial charge in [0.1, 0.15) is 5.75 Å². The second kappa shape index (κ2) is 11.6. The number of benzene rings is 3. The van der Waals surface area contributed by atoms with Gasteiger partial charge >= 0.3 is 0 Å². The highest BCUT2D eigenvalue weighted by atomic mass is 16.6. The lowest BCUT2D eigenvalue weighted by Crippen LogP contribution is -2.48. The standard InChI is InChI=1S/C33H37N3O4/c1-37-27-14-12-24(13-15-27)20-29(35-36-34)31(39-23-26-10-6-3-7-11-26)28-21-33(32(40-33)18-19-32)17-16-30(28)38-22-25-8-4-2-5-9-25/h2-15,28-31H,16-23H2,1H3/t28-,29-,30-,31-,33+/m0/s1. The summed E-state index contributed by atoms with van der Waals surface area (Å²) in [6, 6.07) is 28.0. The Labute approximate surface area is 236 Å². The molecule has 0 N–H and O–H groups in total. The van der Waals surface area contributed by atoms with E-state index in [2.05, 4.69) is 34.3 Å². The van der Waals surface area contributed by atoms with Crippen molar-refractivity contribution in [3.8, 4) is 5.75 Å². The maximum Gasteiger partial charge on any atom is 0.118 e. The molecule has 7 heteroatoms. The molecule has 208 valence electrons. The smallest absolute Gasteiger partial charge is 0.118 e. The van der Waals surface area contributed by atoms with Gasteiger partial charge in [0.2, 0.25) is 0 Å². The van der Waals surface area contributed by atoms with Gasteiger partial charge < -0.3 is 18.9 Å². The van der Waals surface area contributed by atoms with Crippen molar-refractivity contribution in [2.75, 3.05) is 7.11 Å². The van der Waals surface area contributed by atoms with E-state index in [0.717, 1.165) is 54.5 Å². The first-order valence-corrected chi connectivity index (χ1v) is 14.3. The monoisotopic (exact) mass is 539 g/mol. The van der Waals surface area contributed by atoms with Crippen LogP contribution in [0.15, 0.2) is 90.0 Å². The van der Waals surface area contributed by atoms with Gasteiger partial charge in [-0.05, 0) is 72.9 Å². The Kier molecular flexibility index (Phi) is 7.81. The molecule has 3 aliphatic rings. The van der Waals surface area contributed by atoms with E-state index in [1.165, 1.54) is 0 Å². The van der Waals surface area contributed by atoms with Crippen molar-refractivity contribution in [1.29, 1.82) is 0 Å². The molecule has 2 saturated carbocycles. The zero-order valence-electron chi connectivity index (χ0n) is 23.0. The summed E-state index contributed by atoms with van der Waals surface area (Å²) in [4.78, 5) is 3.30. The van der Waals surface area contributed by atoms with Crippen molar-refractivity contribution in [2.45, 2.75) is 81.2 Å². The van der Waals surface area contributed by atoms with Gasteiger partial charge in [-0.25, -0.2) is 0 Å². The van der Waals surface area contributed by atoms with Gasteiger partial charge in [0.15, 0.2) is 0 Å². The maximum absolute atomic E-state index is 9.68. The van der Waals surface area contributed by atoms with Crippen LogP contribution in [0, 0.1) is 5.92 Å². The highest BCUT2D eigenvalue weighted by Gasteiger charge is 2.77. The lowest BCUT2D eigenvalue weighted by molar-refractivity contribution is -0.111. The van der Waals surface area contributed by atoms with Gasteiger partial charge in [-0.3, -0.25) is 0 Å². The second-order valence-electron chi connectivity index (χ2n) is 11.4. The Morgan fingerprint density at radius 3 is 2.15 bits per heavy atom. The SMILES string of the molecule is COc1ccc(C[C@H](N=[N+]=[N-])[C@@H](OCc2ccccc2)[C@H]2C[C@@]3(CC[C@@H]2OCc2ccccc2)OC32CC2)cc1. The summed E-state index contributed by atoms with van der Waals surface area (Å²) in [7, 11) is 1.66. The molecule has 2 spiro atoms. The van der Waals surface area contributed by atoms with Crippen molar-refractivity contribution in [1.82, 2.24) is 0 Å². The van der Waals surface area contributed by atoms with Crippen LogP contribution in [0.5, 0.6) is 5.75 Å². The first kappa shape index (κ1) is 26.9. The lowest BCUT2D eigenvalue weighted by atomic mass is 9.72. The Morgan fingerprint density at radius 2 is 1.55 bits per heavy atom. The molecule has 0 bridgehead atoms. The number of azide groups is 1. The Morgan fingerprint density at radius 1 is 0.875 bits per heavy atom. The highest BCUT2D eigenvalue weighted by Crippen LogP contribution is 2.70. The van der Waals surface area contributed by atoms with E-state index < -0.39 is 6.04 Å². The Bertz CT molecular complexity index is 1310. The highest BCUT2D eigenvalue weighted by molar-refractivity contribution is 5.29. The molecule has 2 aliphatic carbocycles. The molecule has 1 heterocycles. The van der Waals surface area contributed by atoms with Crippen LogP contribution in [0.3, 0.4) is 0 Å². The zero-order chi connectivity index (χ0) is 27.4. The van der Waals surface area contributed by atoms with Crippen LogP contribution in [0.2, 0.25) is 0 Å². The van der Waals surface area contributed by atoms with Crippen LogP contribution in [-0.4, -0.2) is 36.6 Å². The van der Waals surface area contributed by atoms with E-state index in [-0.39, 0.29) is 29.3 Å². The number of fused-ring (bicyclic) bond motifs is 1. The molecule has 1 aliphatic heterocycles. The van der Waals surface area contributed by atoms with Gasteiger partial charge in [0, 0.05) is 10.8 Å². The normalized spacial score (nSPS) is 25.6. The third-order valence-electron chi connectivity index (χ3n) is 8.96. The minimum Gasteiger partial charge on any atom is -0.497 e. The summed E-state index contributed by atoms with van der Waals surface area (Å²) < 4.78 is 25.2. The van der Waals surface area contributed by atoms with Gasteiger partial charge in [-0.2, -0.15) is 0 Å². The summed E-state index contributed by atoms with van der Waals surface area (Å²) >= 11 is 0. The summed E-state index contributed by atoms with van der Waals surface area (Å²) in [6.45, 7) is 0.976. The van der Waals surface area contributed by atoms with Crippen molar-refractivity contribution >= 4 is 0 Å². The molecule has 3 aromatic rings. The van der Waals surface area contributed by atoms with Gasteiger partial charge in [0.25, 0.3) is 0 Å². The summed E-state index contributed by atoms with van der Waals surface area (Å²) in [6.07, 6.45) is 5.22. The fourth-order valence-corrected chi connectivity index (χ4v) is 6.62. The summed E-state index contributed by atoms with van der Waals surface area (Å²) in [5.74, 6) is 0.820. The molecule has 3 fully saturated rings. The number of rotatable bonds is 12. The molecule has 3 aromatic carbocycles. The van der Waals surface area contributed by atoms with Gasteiger partial charge in [-0.15, -0.1) is 0 Å². The largest absolute Gasteiger partial charge is 0.497 e. The molecular weight excluding hydrogens is 502 g/mol. The van der Waals surface area contributed by atoms with E-state index in [4.69, 9.17) is 18.9 Å².